The van der Waals surface area contributed by atoms with Gasteiger partial charge in [-0.2, -0.15) is 5.10 Å². The summed E-state index contributed by atoms with van der Waals surface area (Å²) in [4.78, 5) is 10.4. The number of nitro benzene ring substituents is 1. The number of nitro groups is 1. The quantitative estimate of drug-likeness (QED) is 0.433. The molecule has 1 N–H and O–H groups in total. The fourth-order valence-electron chi connectivity index (χ4n) is 3.11. The molecule has 3 rings (SSSR count). The Morgan fingerprint density at radius 2 is 1.77 bits per heavy atom. The molecule has 1 atom stereocenters. The number of sulfonamides is 1. The van der Waals surface area contributed by atoms with Crippen molar-refractivity contribution in [1.82, 2.24) is 9.78 Å². The van der Waals surface area contributed by atoms with Gasteiger partial charge in [0.1, 0.15) is 0 Å². The van der Waals surface area contributed by atoms with E-state index >= 15 is 0 Å². The molecule has 0 aliphatic carbocycles. The van der Waals surface area contributed by atoms with Crippen molar-refractivity contribution in [2.75, 3.05) is 10.8 Å². The molecular formula is C20H22N4O5S. The molecule has 0 bridgehead atoms. The van der Waals surface area contributed by atoms with Gasteiger partial charge in [0.05, 0.1) is 40.4 Å². The first kappa shape index (κ1) is 21.5. The van der Waals surface area contributed by atoms with Crippen molar-refractivity contribution in [3.05, 3.63) is 82.2 Å². The Morgan fingerprint density at radius 3 is 2.30 bits per heavy atom. The van der Waals surface area contributed by atoms with Crippen molar-refractivity contribution in [1.29, 1.82) is 0 Å². The van der Waals surface area contributed by atoms with Crippen molar-refractivity contribution < 1.29 is 18.4 Å². The molecule has 0 saturated carbocycles. The topological polar surface area (TPSA) is 119 Å². The van der Waals surface area contributed by atoms with Crippen molar-refractivity contribution in [2.24, 2.45) is 0 Å². The van der Waals surface area contributed by atoms with Gasteiger partial charge in [-0.1, -0.05) is 18.2 Å². The number of hydrogen-bond acceptors (Lipinski definition) is 6. The highest BCUT2D eigenvalue weighted by Crippen LogP contribution is 2.26. The van der Waals surface area contributed by atoms with Gasteiger partial charge >= 0.3 is 0 Å². The first-order valence-corrected chi connectivity index (χ1v) is 10.6. The van der Waals surface area contributed by atoms with Crippen LogP contribution in [0.25, 0.3) is 0 Å². The van der Waals surface area contributed by atoms with E-state index in [0.717, 1.165) is 15.7 Å². The second kappa shape index (κ2) is 8.64. The van der Waals surface area contributed by atoms with E-state index in [4.69, 9.17) is 0 Å². The third kappa shape index (κ3) is 4.66. The molecule has 0 amide bonds. The van der Waals surface area contributed by atoms with Crippen LogP contribution in [0.2, 0.25) is 0 Å². The van der Waals surface area contributed by atoms with Crippen LogP contribution in [0.15, 0.2) is 65.6 Å². The van der Waals surface area contributed by atoms with Gasteiger partial charge in [0.25, 0.3) is 15.7 Å². The first-order chi connectivity index (χ1) is 14.2. The minimum atomic E-state index is -4.01. The molecule has 10 heteroatoms. The number of non-ortho nitro benzene ring substituents is 1. The van der Waals surface area contributed by atoms with Crippen LogP contribution in [-0.4, -0.2) is 40.9 Å². The fraction of sp³-hybridized carbons (Fsp3) is 0.250. The standard InChI is InChI=1S/C20H22N4O5S/c1-15-12-16(2)22(21-15)13-19(25)14-23(17-8-10-18(11-9-17)24(26)27)30(28,29)20-6-4-3-5-7-20/h3-12,19,25H,13-14H2,1-2H3/t19-/m0/s1. The van der Waals surface area contributed by atoms with Crippen molar-refractivity contribution >= 4 is 21.4 Å². The van der Waals surface area contributed by atoms with Gasteiger partial charge in [0, 0.05) is 17.8 Å². The Balaban J connectivity index is 1.94. The maximum Gasteiger partial charge on any atom is 0.269 e. The number of hydrogen-bond donors (Lipinski definition) is 1. The van der Waals surface area contributed by atoms with Crippen LogP contribution in [0, 0.1) is 24.0 Å². The van der Waals surface area contributed by atoms with Gasteiger partial charge in [0.2, 0.25) is 0 Å². The molecule has 0 fully saturated rings. The van der Waals surface area contributed by atoms with Crippen LogP contribution < -0.4 is 4.31 Å². The lowest BCUT2D eigenvalue weighted by Crippen LogP contribution is -2.39. The van der Waals surface area contributed by atoms with Crippen molar-refractivity contribution in [3.8, 4) is 0 Å². The normalized spacial score (nSPS) is 12.5. The summed E-state index contributed by atoms with van der Waals surface area (Å²) in [6.07, 6.45) is -1.06. The second-order valence-electron chi connectivity index (χ2n) is 6.89. The molecule has 2 aromatic carbocycles. The molecule has 1 heterocycles. The lowest BCUT2D eigenvalue weighted by atomic mass is 10.2. The molecule has 1 aromatic heterocycles. The average Bonchev–Trinajstić information content (AvgIpc) is 3.03. The highest BCUT2D eigenvalue weighted by Gasteiger charge is 2.28. The number of anilines is 1. The first-order valence-electron chi connectivity index (χ1n) is 9.20. The summed E-state index contributed by atoms with van der Waals surface area (Å²) in [5.41, 5.74) is 1.71. The SMILES string of the molecule is Cc1cc(C)n(C[C@H](O)CN(c2ccc([N+](=O)[O-])cc2)S(=O)(=O)c2ccccc2)n1. The predicted molar refractivity (Wildman–Crippen MR) is 112 cm³/mol. The summed E-state index contributed by atoms with van der Waals surface area (Å²) >= 11 is 0. The monoisotopic (exact) mass is 430 g/mol. The van der Waals surface area contributed by atoms with E-state index in [-0.39, 0.29) is 29.4 Å². The van der Waals surface area contributed by atoms with Gasteiger partial charge in [0.15, 0.2) is 0 Å². The molecule has 0 radical (unpaired) electrons. The molecular weight excluding hydrogens is 408 g/mol. The Bertz CT molecular complexity index is 1130. The van der Waals surface area contributed by atoms with Crippen LogP contribution in [0.1, 0.15) is 11.4 Å². The van der Waals surface area contributed by atoms with Crippen molar-refractivity contribution in [3.63, 3.8) is 0 Å². The van der Waals surface area contributed by atoms with E-state index in [1.807, 2.05) is 19.9 Å². The van der Waals surface area contributed by atoms with Crippen LogP contribution >= 0.6 is 0 Å². The second-order valence-corrected chi connectivity index (χ2v) is 8.75. The molecule has 0 spiro atoms. The van der Waals surface area contributed by atoms with E-state index in [1.54, 1.807) is 22.9 Å². The number of aromatic nitrogens is 2. The zero-order chi connectivity index (χ0) is 21.9. The minimum absolute atomic E-state index is 0.0571. The molecule has 9 nitrogen and oxygen atoms in total. The number of aryl methyl sites for hydroxylation is 2. The third-order valence-electron chi connectivity index (χ3n) is 4.54. The molecule has 158 valence electrons. The zero-order valence-corrected chi connectivity index (χ0v) is 17.4. The van der Waals surface area contributed by atoms with E-state index in [9.17, 15) is 23.6 Å². The molecule has 30 heavy (non-hydrogen) atoms. The highest BCUT2D eigenvalue weighted by molar-refractivity contribution is 7.92. The minimum Gasteiger partial charge on any atom is -0.389 e. The Morgan fingerprint density at radius 1 is 1.13 bits per heavy atom. The third-order valence-corrected chi connectivity index (χ3v) is 6.35. The Kier molecular flexibility index (Phi) is 6.18. The largest absolute Gasteiger partial charge is 0.389 e. The van der Waals surface area contributed by atoms with E-state index in [1.165, 1.54) is 36.4 Å². The number of aliphatic hydroxyl groups excluding tert-OH is 1. The van der Waals surface area contributed by atoms with Gasteiger partial charge in [-0.15, -0.1) is 0 Å². The van der Waals surface area contributed by atoms with E-state index in [0.29, 0.717) is 0 Å². The van der Waals surface area contributed by atoms with Crippen LogP contribution in [-0.2, 0) is 16.6 Å². The van der Waals surface area contributed by atoms with Gasteiger partial charge in [-0.25, -0.2) is 8.42 Å². The van der Waals surface area contributed by atoms with E-state index < -0.39 is 21.1 Å². The Labute approximate surface area is 174 Å². The zero-order valence-electron chi connectivity index (χ0n) is 16.5. The summed E-state index contributed by atoms with van der Waals surface area (Å²) in [6.45, 7) is 3.54. The molecule has 0 aliphatic heterocycles. The number of benzene rings is 2. The summed E-state index contributed by atoms with van der Waals surface area (Å²) in [7, 11) is -4.01. The molecule has 0 unspecified atom stereocenters. The van der Waals surface area contributed by atoms with Crippen LogP contribution in [0.5, 0.6) is 0 Å². The predicted octanol–water partition coefficient (Wildman–Crippen LogP) is 2.66. The maximum absolute atomic E-state index is 13.3. The number of nitrogens with zero attached hydrogens (tertiary/aromatic N) is 4. The van der Waals surface area contributed by atoms with Gasteiger partial charge in [-0.05, 0) is 44.2 Å². The molecule has 3 aromatic rings. The smallest absolute Gasteiger partial charge is 0.269 e. The average molecular weight is 430 g/mol. The summed E-state index contributed by atoms with van der Waals surface area (Å²) in [6, 6.07) is 14.9. The molecule has 0 aliphatic rings. The van der Waals surface area contributed by atoms with Crippen molar-refractivity contribution in [2.45, 2.75) is 31.4 Å². The lowest BCUT2D eigenvalue weighted by molar-refractivity contribution is -0.384. The van der Waals surface area contributed by atoms with Gasteiger partial charge in [-0.3, -0.25) is 19.1 Å². The lowest BCUT2D eigenvalue weighted by Gasteiger charge is -2.27. The summed E-state index contributed by atoms with van der Waals surface area (Å²) < 4.78 is 29.2. The van der Waals surface area contributed by atoms with E-state index in [2.05, 4.69) is 5.10 Å². The summed E-state index contributed by atoms with van der Waals surface area (Å²) in [5, 5.41) is 25.9. The maximum atomic E-state index is 13.3. The highest BCUT2D eigenvalue weighted by atomic mass is 32.2. The van der Waals surface area contributed by atoms with Crippen LogP contribution in [0.3, 0.4) is 0 Å². The van der Waals surface area contributed by atoms with Crippen LogP contribution in [0.4, 0.5) is 11.4 Å². The summed E-state index contributed by atoms with van der Waals surface area (Å²) in [5.74, 6) is 0. The molecule has 0 saturated heterocycles. The van der Waals surface area contributed by atoms with Gasteiger partial charge < -0.3 is 5.11 Å². The Hall–Kier alpha value is -3.24. The number of rotatable bonds is 8. The fourth-order valence-corrected chi connectivity index (χ4v) is 4.63. The number of aliphatic hydroxyl groups is 1.